The van der Waals surface area contributed by atoms with Crippen LogP contribution in [0.3, 0.4) is 0 Å². The fourth-order valence-corrected chi connectivity index (χ4v) is 2.61. The van der Waals surface area contributed by atoms with Gasteiger partial charge in [-0.1, -0.05) is 35.5 Å². The Balaban J connectivity index is 1.70. The van der Waals surface area contributed by atoms with Crippen LogP contribution in [0.5, 0.6) is 0 Å². The second-order valence-electron chi connectivity index (χ2n) is 4.93. The zero-order valence-corrected chi connectivity index (χ0v) is 11.2. The third-order valence-electron chi connectivity index (χ3n) is 3.63. The highest BCUT2D eigenvalue weighted by Crippen LogP contribution is 2.29. The zero-order valence-electron chi connectivity index (χ0n) is 11.2. The third-order valence-corrected chi connectivity index (χ3v) is 3.63. The van der Waals surface area contributed by atoms with Crippen LogP contribution in [-0.2, 0) is 4.74 Å². The SMILES string of the molecule is Cc1noc(C)c1C1CNC(c2ccccc2)CO1. The van der Waals surface area contributed by atoms with Gasteiger partial charge in [-0.15, -0.1) is 0 Å². The molecular weight excluding hydrogens is 240 g/mol. The van der Waals surface area contributed by atoms with Crippen molar-refractivity contribution in [2.45, 2.75) is 26.0 Å². The molecule has 2 heterocycles. The molecule has 1 saturated heterocycles. The van der Waals surface area contributed by atoms with Crippen LogP contribution in [0.2, 0.25) is 0 Å². The molecule has 1 aromatic heterocycles. The molecule has 0 saturated carbocycles. The number of nitrogens with zero attached hydrogens (tertiary/aromatic N) is 1. The predicted molar refractivity (Wildman–Crippen MR) is 71.9 cm³/mol. The molecule has 100 valence electrons. The number of aromatic nitrogens is 1. The van der Waals surface area contributed by atoms with E-state index >= 15 is 0 Å². The zero-order chi connectivity index (χ0) is 13.2. The maximum Gasteiger partial charge on any atom is 0.139 e. The van der Waals surface area contributed by atoms with Crippen molar-refractivity contribution in [3.63, 3.8) is 0 Å². The van der Waals surface area contributed by atoms with Crippen molar-refractivity contribution in [3.8, 4) is 0 Å². The second kappa shape index (κ2) is 5.15. The fourth-order valence-electron chi connectivity index (χ4n) is 2.61. The van der Waals surface area contributed by atoms with Crippen molar-refractivity contribution in [1.82, 2.24) is 10.5 Å². The minimum absolute atomic E-state index is 0.0335. The number of rotatable bonds is 2. The molecule has 1 aliphatic heterocycles. The lowest BCUT2D eigenvalue weighted by atomic mass is 10.0. The maximum atomic E-state index is 5.99. The van der Waals surface area contributed by atoms with Gasteiger partial charge in [0.15, 0.2) is 0 Å². The molecule has 1 aliphatic rings. The molecule has 1 fully saturated rings. The Labute approximate surface area is 112 Å². The smallest absolute Gasteiger partial charge is 0.139 e. The standard InChI is InChI=1S/C15H18N2O2/c1-10-15(11(2)19-17-10)14-8-16-13(9-18-14)12-6-4-3-5-7-12/h3-7,13-14,16H,8-9H2,1-2H3. The van der Waals surface area contributed by atoms with Crippen LogP contribution in [-0.4, -0.2) is 18.3 Å². The van der Waals surface area contributed by atoms with E-state index in [0.29, 0.717) is 6.61 Å². The van der Waals surface area contributed by atoms with Crippen LogP contribution in [0.25, 0.3) is 0 Å². The Morgan fingerprint density at radius 3 is 2.58 bits per heavy atom. The summed E-state index contributed by atoms with van der Waals surface area (Å²) in [5, 5.41) is 7.52. The van der Waals surface area contributed by atoms with E-state index in [2.05, 4.69) is 34.7 Å². The Morgan fingerprint density at radius 2 is 2.00 bits per heavy atom. The predicted octanol–water partition coefficient (Wildman–Crippen LogP) is 2.69. The highest BCUT2D eigenvalue weighted by atomic mass is 16.5. The lowest BCUT2D eigenvalue weighted by molar-refractivity contribution is 0.00134. The summed E-state index contributed by atoms with van der Waals surface area (Å²) in [6.45, 7) is 5.33. The molecule has 4 nitrogen and oxygen atoms in total. The van der Waals surface area contributed by atoms with Gasteiger partial charge in [-0.2, -0.15) is 0 Å². The van der Waals surface area contributed by atoms with Gasteiger partial charge >= 0.3 is 0 Å². The van der Waals surface area contributed by atoms with E-state index in [-0.39, 0.29) is 12.1 Å². The van der Waals surface area contributed by atoms with Gasteiger partial charge in [-0.25, -0.2) is 0 Å². The highest BCUT2D eigenvalue weighted by Gasteiger charge is 2.27. The van der Waals surface area contributed by atoms with Crippen molar-refractivity contribution in [2.75, 3.05) is 13.2 Å². The van der Waals surface area contributed by atoms with E-state index in [1.807, 2.05) is 19.9 Å². The number of morpholine rings is 1. The van der Waals surface area contributed by atoms with Crippen molar-refractivity contribution >= 4 is 0 Å². The molecular formula is C15H18N2O2. The molecule has 1 aromatic carbocycles. The quantitative estimate of drug-likeness (QED) is 0.899. The molecule has 2 aromatic rings. The molecule has 0 spiro atoms. The first-order valence-electron chi connectivity index (χ1n) is 6.58. The van der Waals surface area contributed by atoms with Crippen LogP contribution >= 0.6 is 0 Å². The van der Waals surface area contributed by atoms with Crippen molar-refractivity contribution in [2.24, 2.45) is 0 Å². The number of ether oxygens (including phenoxy) is 1. The van der Waals surface area contributed by atoms with Gasteiger partial charge in [0.25, 0.3) is 0 Å². The average molecular weight is 258 g/mol. The molecule has 1 N–H and O–H groups in total. The maximum absolute atomic E-state index is 5.99. The van der Waals surface area contributed by atoms with Crippen molar-refractivity contribution < 1.29 is 9.26 Å². The van der Waals surface area contributed by atoms with E-state index in [4.69, 9.17) is 9.26 Å². The lowest BCUT2D eigenvalue weighted by Gasteiger charge is -2.30. The van der Waals surface area contributed by atoms with E-state index in [1.165, 1.54) is 5.56 Å². The first-order valence-corrected chi connectivity index (χ1v) is 6.58. The lowest BCUT2D eigenvalue weighted by Crippen LogP contribution is -2.37. The van der Waals surface area contributed by atoms with Gasteiger partial charge in [0.2, 0.25) is 0 Å². The average Bonchev–Trinajstić information content (AvgIpc) is 2.79. The van der Waals surface area contributed by atoms with Gasteiger partial charge in [-0.05, 0) is 19.4 Å². The first-order chi connectivity index (χ1) is 9.25. The molecule has 0 bridgehead atoms. The molecule has 2 unspecified atom stereocenters. The summed E-state index contributed by atoms with van der Waals surface area (Å²) >= 11 is 0. The minimum atomic E-state index is 0.0335. The number of aryl methyl sites for hydroxylation is 2. The van der Waals surface area contributed by atoms with Crippen LogP contribution < -0.4 is 5.32 Å². The van der Waals surface area contributed by atoms with E-state index in [0.717, 1.165) is 23.6 Å². The van der Waals surface area contributed by atoms with Gasteiger partial charge in [-0.3, -0.25) is 0 Å². The first kappa shape index (κ1) is 12.4. The summed E-state index contributed by atoms with van der Waals surface area (Å²) in [5.41, 5.74) is 3.26. The Bertz CT molecular complexity index is 523. The number of benzene rings is 1. The van der Waals surface area contributed by atoms with E-state index in [1.54, 1.807) is 0 Å². The summed E-state index contributed by atoms with van der Waals surface area (Å²) in [7, 11) is 0. The molecule has 4 heteroatoms. The minimum Gasteiger partial charge on any atom is -0.370 e. The summed E-state index contributed by atoms with van der Waals surface area (Å²) < 4.78 is 11.2. The Hall–Kier alpha value is -1.65. The molecule has 0 amide bonds. The molecule has 3 rings (SSSR count). The largest absolute Gasteiger partial charge is 0.370 e. The van der Waals surface area contributed by atoms with Crippen LogP contribution in [0.4, 0.5) is 0 Å². The molecule has 0 radical (unpaired) electrons. The normalized spacial score (nSPS) is 23.5. The topological polar surface area (TPSA) is 47.3 Å². The number of hydrogen-bond acceptors (Lipinski definition) is 4. The Morgan fingerprint density at radius 1 is 1.21 bits per heavy atom. The van der Waals surface area contributed by atoms with Crippen molar-refractivity contribution in [3.05, 3.63) is 52.9 Å². The summed E-state index contributed by atoms with van der Waals surface area (Å²) in [5.74, 6) is 0.850. The summed E-state index contributed by atoms with van der Waals surface area (Å²) in [4.78, 5) is 0. The van der Waals surface area contributed by atoms with E-state index < -0.39 is 0 Å². The molecule has 2 atom stereocenters. The summed E-state index contributed by atoms with van der Waals surface area (Å²) in [6.07, 6.45) is 0.0335. The van der Waals surface area contributed by atoms with Gasteiger partial charge in [0.05, 0.1) is 18.3 Å². The van der Waals surface area contributed by atoms with E-state index in [9.17, 15) is 0 Å². The number of nitrogens with one attached hydrogen (secondary N) is 1. The van der Waals surface area contributed by atoms with Crippen LogP contribution in [0.15, 0.2) is 34.9 Å². The van der Waals surface area contributed by atoms with Crippen LogP contribution in [0.1, 0.15) is 34.7 Å². The van der Waals surface area contributed by atoms with Gasteiger partial charge in [0.1, 0.15) is 11.9 Å². The molecule has 19 heavy (non-hydrogen) atoms. The fraction of sp³-hybridized carbons (Fsp3) is 0.400. The number of hydrogen-bond donors (Lipinski definition) is 1. The van der Waals surface area contributed by atoms with Crippen LogP contribution in [0, 0.1) is 13.8 Å². The Kier molecular flexibility index (Phi) is 3.36. The van der Waals surface area contributed by atoms with Gasteiger partial charge in [0, 0.05) is 12.1 Å². The van der Waals surface area contributed by atoms with Gasteiger partial charge < -0.3 is 14.6 Å². The monoisotopic (exact) mass is 258 g/mol. The second-order valence-corrected chi connectivity index (χ2v) is 4.93. The highest BCUT2D eigenvalue weighted by molar-refractivity contribution is 5.25. The van der Waals surface area contributed by atoms with Crippen molar-refractivity contribution in [1.29, 1.82) is 0 Å². The molecule has 0 aliphatic carbocycles. The third kappa shape index (κ3) is 2.41. The summed E-state index contributed by atoms with van der Waals surface area (Å²) in [6, 6.07) is 10.6.